The van der Waals surface area contributed by atoms with Crippen molar-refractivity contribution in [3.8, 4) is 22.8 Å². The first-order valence-electron chi connectivity index (χ1n) is 29.7. The van der Waals surface area contributed by atoms with E-state index < -0.39 is 28.2 Å². The largest absolute Gasteiger partial charge is 0.480 e. The highest BCUT2D eigenvalue weighted by atomic mass is 16.5. The summed E-state index contributed by atoms with van der Waals surface area (Å²) >= 11 is 0. The fourth-order valence-corrected chi connectivity index (χ4v) is 13.7. The van der Waals surface area contributed by atoms with Gasteiger partial charge in [0.1, 0.15) is 31.0 Å². The SMILES string of the molecule is CC1(C)C(=O)N(CC(=O)O)c2cc3c4c([nH]c3cc21)C(=O)CCCC4.CCO.CCOC(=O)CN1C(=O)C(C)(C)c2cc3[nH]c4c(c3cc21)CCCc1c-4n[nH]c1C.Cc1[nH]nc2c1CCCc1c-2[nH]c2cc3c(cc12)N(CC(=O)O)C(=O)C3(C)C. The first-order valence-corrected chi connectivity index (χ1v) is 29.7. The highest BCUT2D eigenvalue weighted by Crippen LogP contribution is 2.49. The molecule has 3 amide bonds. The number of carboxylic acid groups (broad SMARTS) is 2. The second-order valence-corrected chi connectivity index (χ2v) is 24.8. The molecule has 21 nitrogen and oxygen atoms in total. The van der Waals surface area contributed by atoms with Gasteiger partial charge in [-0.05, 0) is 197 Å². The Kier molecular flexibility index (Phi) is 15.0. The number of anilines is 3. The zero-order valence-electron chi connectivity index (χ0n) is 50.4. The van der Waals surface area contributed by atoms with Crippen LogP contribution >= 0.6 is 0 Å². The lowest BCUT2D eigenvalue weighted by molar-refractivity contribution is -0.142. The van der Waals surface area contributed by atoms with Gasteiger partial charge in [0.15, 0.2) is 5.78 Å². The van der Waals surface area contributed by atoms with Crippen LogP contribution in [0.1, 0.15) is 154 Å². The van der Waals surface area contributed by atoms with Gasteiger partial charge in [0.25, 0.3) is 0 Å². The third kappa shape index (κ3) is 9.63. The Bertz CT molecular complexity index is 4160. The molecular formula is C65H74N10O11. The molecular weight excluding hydrogens is 1100 g/mol. The Morgan fingerprint density at radius 3 is 1.23 bits per heavy atom. The Balaban J connectivity index is 0.000000131. The molecule has 3 aliphatic carbocycles. The molecule has 0 spiro atoms. The number of carbonyl (C=O) groups is 7. The van der Waals surface area contributed by atoms with Crippen molar-refractivity contribution in [1.82, 2.24) is 35.3 Å². The normalized spacial score (nSPS) is 17.3. The number of rotatable bonds is 7. The van der Waals surface area contributed by atoms with Crippen molar-refractivity contribution < 1.29 is 53.6 Å². The van der Waals surface area contributed by atoms with Gasteiger partial charge in [-0.3, -0.25) is 43.8 Å². The molecule has 21 heteroatoms. The fraction of sp³-hybridized carbons (Fsp3) is 0.431. The zero-order chi connectivity index (χ0) is 61.6. The van der Waals surface area contributed by atoms with Gasteiger partial charge in [-0.15, -0.1) is 0 Å². The number of H-pyrrole nitrogens is 5. The molecule has 0 fully saturated rings. The van der Waals surface area contributed by atoms with Crippen molar-refractivity contribution in [1.29, 1.82) is 0 Å². The van der Waals surface area contributed by atoms with E-state index in [0.29, 0.717) is 30.1 Å². The molecule has 14 rings (SSSR count). The number of carbonyl (C=O) groups excluding carboxylic acids is 5. The number of ether oxygens (including phenoxy) is 1. The quantitative estimate of drug-likeness (QED) is 0.0545. The van der Waals surface area contributed by atoms with Crippen molar-refractivity contribution in [2.24, 2.45) is 0 Å². The van der Waals surface area contributed by atoms with Gasteiger partial charge in [-0.1, -0.05) is 0 Å². The predicted octanol–water partition coefficient (Wildman–Crippen LogP) is 9.39. The lowest BCUT2D eigenvalue weighted by atomic mass is 9.85. The van der Waals surface area contributed by atoms with Crippen molar-refractivity contribution in [2.75, 3.05) is 47.5 Å². The third-order valence-electron chi connectivity index (χ3n) is 18.2. The average molecular weight is 1170 g/mol. The Morgan fingerprint density at radius 1 is 0.512 bits per heavy atom. The number of aromatic nitrogens is 7. The van der Waals surface area contributed by atoms with Gasteiger partial charge < -0.3 is 49.7 Å². The lowest BCUT2D eigenvalue weighted by Gasteiger charge is -2.19. The lowest BCUT2D eigenvalue weighted by Crippen LogP contribution is -2.39. The Morgan fingerprint density at radius 2 is 0.849 bits per heavy atom. The van der Waals surface area contributed by atoms with Crippen LogP contribution in [0.25, 0.3) is 55.5 Å². The molecule has 8 heterocycles. The molecule has 0 saturated heterocycles. The number of amides is 3. The van der Waals surface area contributed by atoms with E-state index >= 15 is 0 Å². The Labute approximate surface area is 496 Å². The molecule has 0 bridgehead atoms. The highest BCUT2D eigenvalue weighted by Gasteiger charge is 2.48. The average Bonchev–Trinajstić information content (AvgIpc) is 1.63. The standard InChI is InChI=1S/C23H26N4O3.C21H22N4O3.C19H20N2O4.C2H6O/c1-5-30-19(28)11-27-18-9-15-14-8-6-7-13-12(2)25-26-21(13)20(14)24-17(15)10-16(18)23(3,4)22(27)29;1-10-11-5-4-6-12-13-7-16-14(8-15(13)22-18(12)19(11)24-23-10)21(2,3)20(28)25(16)9-17(26)27;1-19(2)12-8-13-11(7-14(12)21(18(19)25)9-16(23)24)10-5-3-4-6-15(22)17(10)20-13;1-2-3/h9-10,24H,5-8,11H2,1-4H3,(H,25,26);7-8,22H,4-6,9H2,1-3H3,(H,23,24)(H,26,27);7-8,20H,3-6,9H2,1-2H3,(H,23,24);3H,2H2,1H3. The van der Waals surface area contributed by atoms with Crippen LogP contribution in [0.2, 0.25) is 0 Å². The molecule has 450 valence electrons. The predicted molar refractivity (Wildman–Crippen MR) is 326 cm³/mol. The first-order chi connectivity index (χ1) is 40.8. The number of Topliss-reactive ketones (excluding diaryl/α,β-unsaturated/α-hetero) is 1. The number of aryl methyl sites for hydroxylation is 5. The maximum Gasteiger partial charge on any atom is 0.326 e. The molecule has 6 aliphatic rings. The summed E-state index contributed by atoms with van der Waals surface area (Å²) in [5.41, 5.74) is 18.2. The molecule has 8 aromatic rings. The molecule has 8 N–H and O–H groups in total. The molecule has 3 aromatic carbocycles. The topological polar surface area (TPSA) is 304 Å². The number of aromatic amines is 5. The summed E-state index contributed by atoms with van der Waals surface area (Å²) in [4.78, 5) is 100. The summed E-state index contributed by atoms with van der Waals surface area (Å²) < 4.78 is 5.11. The van der Waals surface area contributed by atoms with Crippen LogP contribution in [0.5, 0.6) is 0 Å². The van der Waals surface area contributed by atoms with Crippen molar-refractivity contribution in [3.63, 3.8) is 0 Å². The minimum absolute atomic E-state index is 0.0655. The number of hydrogen-bond acceptors (Lipinski definition) is 11. The monoisotopic (exact) mass is 1170 g/mol. The number of aliphatic hydroxyl groups is 1. The van der Waals surface area contributed by atoms with Crippen LogP contribution in [0.4, 0.5) is 17.1 Å². The number of aliphatic hydroxyl groups excluding tert-OH is 1. The first kappa shape index (κ1) is 58.9. The van der Waals surface area contributed by atoms with E-state index in [1.165, 1.54) is 32.1 Å². The van der Waals surface area contributed by atoms with Crippen LogP contribution < -0.4 is 14.7 Å². The van der Waals surface area contributed by atoms with Gasteiger partial charge in [0.05, 0.1) is 39.9 Å². The van der Waals surface area contributed by atoms with Crippen LogP contribution in [0.15, 0.2) is 36.4 Å². The van der Waals surface area contributed by atoms with Crippen molar-refractivity contribution >= 4 is 91.2 Å². The minimum atomic E-state index is -1.04. The minimum Gasteiger partial charge on any atom is -0.480 e. The van der Waals surface area contributed by atoms with Crippen LogP contribution in [-0.2, 0) is 81.9 Å². The van der Waals surface area contributed by atoms with Gasteiger partial charge >= 0.3 is 17.9 Å². The summed E-state index contributed by atoms with van der Waals surface area (Å²) in [6.45, 7) is 18.5. The second-order valence-electron chi connectivity index (χ2n) is 24.8. The number of nitrogens with zero attached hydrogens (tertiary/aromatic N) is 5. The van der Waals surface area contributed by atoms with Gasteiger partial charge in [-0.25, -0.2) is 0 Å². The summed E-state index contributed by atoms with van der Waals surface area (Å²) in [6.07, 6.45) is 9.09. The maximum absolute atomic E-state index is 13.1. The number of esters is 1. The Hall–Kier alpha value is -8.85. The second kappa shape index (κ2) is 21.9. The van der Waals surface area contributed by atoms with E-state index in [2.05, 4.69) is 54.4 Å². The maximum atomic E-state index is 13.1. The van der Waals surface area contributed by atoms with Gasteiger partial charge in [0.2, 0.25) is 17.7 Å². The van der Waals surface area contributed by atoms with E-state index in [0.717, 1.165) is 153 Å². The third-order valence-corrected chi connectivity index (χ3v) is 18.2. The number of nitrogens with one attached hydrogen (secondary N) is 5. The summed E-state index contributed by atoms with van der Waals surface area (Å²) in [6, 6.07) is 11.9. The number of fused-ring (bicyclic) bond motifs is 16. The summed E-state index contributed by atoms with van der Waals surface area (Å²) in [5.74, 6) is -2.77. The molecule has 0 saturated carbocycles. The van der Waals surface area contributed by atoms with E-state index in [4.69, 9.17) is 9.84 Å². The van der Waals surface area contributed by atoms with E-state index in [9.17, 15) is 43.8 Å². The van der Waals surface area contributed by atoms with Gasteiger partial charge in [-0.2, -0.15) is 10.2 Å². The molecule has 0 atom stereocenters. The summed E-state index contributed by atoms with van der Waals surface area (Å²) in [5, 5.41) is 44.4. The number of benzene rings is 3. The van der Waals surface area contributed by atoms with E-state index in [1.807, 2.05) is 58.9 Å². The number of aliphatic carboxylic acids is 2. The van der Waals surface area contributed by atoms with Gasteiger partial charge in [0, 0.05) is 85.3 Å². The van der Waals surface area contributed by atoms with Crippen molar-refractivity contribution in [3.05, 3.63) is 98.0 Å². The van der Waals surface area contributed by atoms with Crippen molar-refractivity contribution in [2.45, 2.75) is 150 Å². The number of hydrogen-bond donors (Lipinski definition) is 8. The van der Waals surface area contributed by atoms with E-state index in [-0.39, 0.29) is 55.7 Å². The van der Waals surface area contributed by atoms with Crippen LogP contribution in [0, 0.1) is 13.8 Å². The van der Waals surface area contributed by atoms with Crippen LogP contribution in [0.3, 0.4) is 0 Å². The van der Waals surface area contributed by atoms with E-state index in [1.54, 1.807) is 32.6 Å². The molecule has 0 radical (unpaired) electrons. The number of ketones is 1. The number of carboxylic acids is 2. The zero-order valence-corrected chi connectivity index (χ0v) is 50.4. The molecule has 0 unspecified atom stereocenters. The molecule has 5 aromatic heterocycles. The molecule has 86 heavy (non-hydrogen) atoms. The smallest absolute Gasteiger partial charge is 0.326 e. The summed E-state index contributed by atoms with van der Waals surface area (Å²) in [7, 11) is 0. The fourth-order valence-electron chi connectivity index (χ4n) is 13.7. The molecule has 3 aliphatic heterocycles. The van der Waals surface area contributed by atoms with Crippen LogP contribution in [-0.4, -0.2) is 125 Å². The highest BCUT2D eigenvalue weighted by molar-refractivity contribution is 6.15.